The maximum atomic E-state index is 12.3. The van der Waals surface area contributed by atoms with Crippen molar-refractivity contribution < 1.29 is 24.0 Å². The summed E-state index contributed by atoms with van der Waals surface area (Å²) in [6.07, 6.45) is 1.25. The number of carbonyl (C=O) groups excluding carboxylic acids is 1. The first-order valence-corrected chi connectivity index (χ1v) is 9.02. The predicted octanol–water partition coefficient (Wildman–Crippen LogP) is 3.79. The zero-order valence-electron chi connectivity index (χ0n) is 16.4. The smallest absolute Gasteiger partial charge is 0.270 e. The van der Waals surface area contributed by atoms with Gasteiger partial charge in [0.15, 0.2) is 0 Å². The molecule has 0 spiro atoms. The number of amides is 1. The molecule has 0 saturated heterocycles. The largest absolute Gasteiger partial charge is 0.507 e. The summed E-state index contributed by atoms with van der Waals surface area (Å²) in [6.45, 7) is 0.215. The first kappa shape index (κ1) is 21.1. The van der Waals surface area contributed by atoms with Crippen molar-refractivity contribution in [3.05, 3.63) is 81.6 Å². The van der Waals surface area contributed by atoms with Gasteiger partial charge in [0, 0.05) is 24.8 Å². The summed E-state index contributed by atoms with van der Waals surface area (Å²) in [7, 11) is 1.56. The van der Waals surface area contributed by atoms with Crippen molar-refractivity contribution in [3.8, 4) is 28.9 Å². The molecule has 31 heavy (non-hydrogen) atoms. The Hall–Kier alpha value is -4.58. The van der Waals surface area contributed by atoms with Gasteiger partial charge in [0.25, 0.3) is 11.6 Å². The topological polar surface area (TPSA) is 139 Å². The third kappa shape index (κ3) is 5.07. The molecular formula is C22H17N3O6. The molecule has 0 bridgehead atoms. The van der Waals surface area contributed by atoms with Crippen molar-refractivity contribution in [1.82, 2.24) is 5.32 Å². The monoisotopic (exact) mass is 419 g/mol. The van der Waals surface area contributed by atoms with Gasteiger partial charge in [-0.1, -0.05) is 12.1 Å². The number of hydrogen-bond acceptors (Lipinski definition) is 7. The van der Waals surface area contributed by atoms with Crippen LogP contribution in [0.5, 0.6) is 11.5 Å². The van der Waals surface area contributed by atoms with Crippen LogP contribution in [0.4, 0.5) is 5.69 Å². The lowest BCUT2D eigenvalue weighted by Crippen LogP contribution is -2.23. The van der Waals surface area contributed by atoms with E-state index in [1.165, 1.54) is 36.4 Å². The highest BCUT2D eigenvalue weighted by Crippen LogP contribution is 2.34. The van der Waals surface area contributed by atoms with Gasteiger partial charge < -0.3 is 19.6 Å². The molecule has 0 aliphatic rings. The van der Waals surface area contributed by atoms with Crippen LogP contribution in [0.2, 0.25) is 0 Å². The summed E-state index contributed by atoms with van der Waals surface area (Å²) in [4.78, 5) is 22.7. The van der Waals surface area contributed by atoms with Crippen LogP contribution in [0, 0.1) is 21.4 Å². The molecule has 0 saturated carbocycles. The molecule has 2 aromatic carbocycles. The van der Waals surface area contributed by atoms with Gasteiger partial charge in [0.05, 0.1) is 17.6 Å². The molecule has 3 aromatic rings. The summed E-state index contributed by atoms with van der Waals surface area (Å²) in [5.74, 6) is 0.235. The summed E-state index contributed by atoms with van der Waals surface area (Å²) >= 11 is 0. The Morgan fingerprint density at radius 3 is 2.65 bits per heavy atom. The van der Waals surface area contributed by atoms with Gasteiger partial charge in [0.2, 0.25) is 0 Å². The molecule has 0 aliphatic heterocycles. The Morgan fingerprint density at radius 1 is 1.26 bits per heavy atom. The number of phenols is 1. The van der Waals surface area contributed by atoms with Gasteiger partial charge in [-0.25, -0.2) is 0 Å². The summed E-state index contributed by atoms with van der Waals surface area (Å²) in [5.41, 5.74) is 0.554. The van der Waals surface area contributed by atoms with Crippen molar-refractivity contribution in [1.29, 1.82) is 5.26 Å². The highest BCUT2D eigenvalue weighted by Gasteiger charge is 2.16. The molecule has 0 atom stereocenters. The highest BCUT2D eigenvalue weighted by molar-refractivity contribution is 6.01. The van der Waals surface area contributed by atoms with Gasteiger partial charge in [-0.2, -0.15) is 5.26 Å². The number of nitro benzene ring substituents is 1. The molecule has 9 heteroatoms. The number of ether oxygens (including phenoxy) is 1. The molecule has 9 nitrogen and oxygen atoms in total. The van der Waals surface area contributed by atoms with Crippen molar-refractivity contribution in [3.63, 3.8) is 0 Å². The van der Waals surface area contributed by atoms with Crippen LogP contribution in [0.1, 0.15) is 11.3 Å². The summed E-state index contributed by atoms with van der Waals surface area (Å²) in [6, 6.07) is 15.4. The average Bonchev–Trinajstić information content (AvgIpc) is 3.24. The minimum atomic E-state index is -0.590. The second-order valence-electron chi connectivity index (χ2n) is 6.36. The number of nitrogens with zero attached hydrogens (tertiary/aromatic N) is 2. The maximum absolute atomic E-state index is 12.3. The Bertz CT molecular complexity index is 1190. The lowest BCUT2D eigenvalue weighted by molar-refractivity contribution is -0.384. The number of methoxy groups -OCH3 is 1. The minimum Gasteiger partial charge on any atom is -0.507 e. The Morgan fingerprint density at radius 2 is 2.00 bits per heavy atom. The number of nitro groups is 1. The lowest BCUT2D eigenvalue weighted by Gasteiger charge is -2.05. The fourth-order valence-corrected chi connectivity index (χ4v) is 2.72. The average molecular weight is 419 g/mol. The van der Waals surface area contributed by atoms with E-state index in [2.05, 4.69) is 5.32 Å². The van der Waals surface area contributed by atoms with E-state index < -0.39 is 10.8 Å². The van der Waals surface area contributed by atoms with Crippen LogP contribution < -0.4 is 10.1 Å². The number of phenolic OH excluding ortho intramolecular Hbond substituents is 1. The standard InChI is InChI=1S/C22H17N3O6/c1-30-17-5-2-14(3-6-17)13-24-22(27)15(12-23)10-18-7-9-21(31-18)19-11-16(25(28)29)4-8-20(19)26/h2-11,26H,13H2,1H3,(H,24,27)/b15-10-. The Labute approximate surface area is 177 Å². The molecule has 1 heterocycles. The zero-order valence-corrected chi connectivity index (χ0v) is 16.4. The molecule has 3 rings (SSSR count). The van der Waals surface area contributed by atoms with E-state index in [0.717, 1.165) is 5.56 Å². The van der Waals surface area contributed by atoms with Crippen molar-refractivity contribution >= 4 is 17.7 Å². The molecule has 1 aromatic heterocycles. The van der Waals surface area contributed by atoms with Gasteiger partial charge >= 0.3 is 0 Å². The second-order valence-corrected chi connectivity index (χ2v) is 6.36. The Balaban J connectivity index is 1.75. The van der Waals surface area contributed by atoms with E-state index in [9.17, 15) is 25.3 Å². The van der Waals surface area contributed by atoms with E-state index in [4.69, 9.17) is 9.15 Å². The molecular weight excluding hydrogens is 402 g/mol. The number of non-ortho nitro benzene ring substituents is 1. The van der Waals surface area contributed by atoms with Gasteiger partial charge in [-0.3, -0.25) is 14.9 Å². The number of aromatic hydroxyl groups is 1. The number of nitrogens with one attached hydrogen (secondary N) is 1. The molecule has 2 N–H and O–H groups in total. The molecule has 1 amide bonds. The van der Waals surface area contributed by atoms with Crippen LogP contribution in [0.3, 0.4) is 0 Å². The Kier molecular flexibility index (Phi) is 6.33. The van der Waals surface area contributed by atoms with Crippen molar-refractivity contribution in [2.24, 2.45) is 0 Å². The fourth-order valence-electron chi connectivity index (χ4n) is 2.72. The van der Waals surface area contributed by atoms with E-state index in [-0.39, 0.29) is 40.6 Å². The quantitative estimate of drug-likeness (QED) is 0.257. The van der Waals surface area contributed by atoms with E-state index >= 15 is 0 Å². The molecule has 0 unspecified atom stereocenters. The normalized spacial score (nSPS) is 10.9. The fraction of sp³-hybridized carbons (Fsp3) is 0.0909. The van der Waals surface area contributed by atoms with Crippen molar-refractivity contribution in [2.45, 2.75) is 6.54 Å². The van der Waals surface area contributed by atoms with E-state index in [0.29, 0.717) is 5.75 Å². The highest BCUT2D eigenvalue weighted by atomic mass is 16.6. The summed E-state index contributed by atoms with van der Waals surface area (Å²) < 4.78 is 10.6. The number of nitriles is 1. The van der Waals surface area contributed by atoms with Crippen LogP contribution >= 0.6 is 0 Å². The second kappa shape index (κ2) is 9.28. The van der Waals surface area contributed by atoms with E-state index in [1.807, 2.05) is 6.07 Å². The molecule has 0 radical (unpaired) electrons. The molecule has 0 aliphatic carbocycles. The van der Waals surface area contributed by atoms with Gasteiger partial charge in [0.1, 0.15) is 34.7 Å². The first-order valence-electron chi connectivity index (χ1n) is 9.02. The van der Waals surface area contributed by atoms with Crippen LogP contribution in [0.15, 0.2) is 64.6 Å². The zero-order chi connectivity index (χ0) is 22.4. The number of hydrogen-bond donors (Lipinski definition) is 2. The summed E-state index contributed by atoms with van der Waals surface area (Å²) in [5, 5.41) is 32.9. The van der Waals surface area contributed by atoms with Crippen LogP contribution in [-0.2, 0) is 11.3 Å². The third-order valence-corrected chi connectivity index (χ3v) is 4.35. The maximum Gasteiger partial charge on any atom is 0.270 e. The van der Waals surface area contributed by atoms with E-state index in [1.54, 1.807) is 31.4 Å². The van der Waals surface area contributed by atoms with Crippen LogP contribution in [-0.4, -0.2) is 23.0 Å². The number of rotatable bonds is 7. The number of furan rings is 1. The minimum absolute atomic E-state index is 0.122. The van der Waals surface area contributed by atoms with Gasteiger partial charge in [-0.15, -0.1) is 0 Å². The van der Waals surface area contributed by atoms with Gasteiger partial charge in [-0.05, 0) is 35.9 Å². The SMILES string of the molecule is COc1ccc(CNC(=O)/C(C#N)=C\c2ccc(-c3cc([N+](=O)[O-])ccc3O)o2)cc1. The third-order valence-electron chi connectivity index (χ3n) is 4.35. The predicted molar refractivity (Wildman–Crippen MR) is 111 cm³/mol. The molecule has 0 fully saturated rings. The first-order chi connectivity index (χ1) is 14.9. The number of benzene rings is 2. The number of carbonyl (C=O) groups is 1. The van der Waals surface area contributed by atoms with Crippen molar-refractivity contribution in [2.75, 3.05) is 7.11 Å². The van der Waals surface area contributed by atoms with Crippen LogP contribution in [0.25, 0.3) is 17.4 Å². The lowest BCUT2D eigenvalue weighted by atomic mass is 10.1. The molecule has 156 valence electrons.